The molecule has 0 atom stereocenters. The molecule has 2 N–H and O–H groups in total. The van der Waals surface area contributed by atoms with Crippen molar-refractivity contribution in [1.29, 1.82) is 0 Å². The van der Waals surface area contributed by atoms with E-state index < -0.39 is 5.92 Å². The van der Waals surface area contributed by atoms with Crippen LogP contribution in [-0.4, -0.2) is 6.54 Å². The molecule has 0 radical (unpaired) electrons. The van der Waals surface area contributed by atoms with Gasteiger partial charge in [0.2, 0.25) is 0 Å². The first-order valence-electron chi connectivity index (χ1n) is 5.17. The lowest BCUT2D eigenvalue weighted by molar-refractivity contribution is 0.0173. The van der Waals surface area contributed by atoms with Gasteiger partial charge in [0, 0.05) is 24.4 Å². The van der Waals surface area contributed by atoms with Crippen LogP contribution in [0.15, 0.2) is 24.3 Å². The standard InChI is InChI=1S/C12H15F2N/c1-11(13,14)9-3-2-4-10(7-9)12(8-15)5-6-12/h2-4,7H,5-6,8,15H2,1H3. The van der Waals surface area contributed by atoms with Crippen LogP contribution in [0, 0.1) is 0 Å². The second-order valence-electron chi connectivity index (χ2n) is 4.45. The van der Waals surface area contributed by atoms with E-state index in [4.69, 9.17) is 5.73 Å². The predicted molar refractivity (Wildman–Crippen MR) is 56.0 cm³/mol. The molecule has 0 unspecified atom stereocenters. The maximum atomic E-state index is 13.1. The molecule has 82 valence electrons. The van der Waals surface area contributed by atoms with E-state index in [1.807, 2.05) is 6.07 Å². The minimum Gasteiger partial charge on any atom is -0.330 e. The molecule has 1 nitrogen and oxygen atoms in total. The number of hydrogen-bond donors (Lipinski definition) is 1. The van der Waals surface area contributed by atoms with Gasteiger partial charge in [0.15, 0.2) is 0 Å². The Kier molecular flexibility index (Phi) is 2.30. The van der Waals surface area contributed by atoms with Gasteiger partial charge in [0.05, 0.1) is 0 Å². The van der Waals surface area contributed by atoms with Gasteiger partial charge < -0.3 is 5.73 Å². The normalized spacial score (nSPS) is 18.9. The van der Waals surface area contributed by atoms with Crippen LogP contribution < -0.4 is 5.73 Å². The third-order valence-electron chi connectivity index (χ3n) is 3.23. The third kappa shape index (κ3) is 1.88. The summed E-state index contributed by atoms with van der Waals surface area (Å²) >= 11 is 0. The largest absolute Gasteiger partial charge is 0.330 e. The summed E-state index contributed by atoms with van der Waals surface area (Å²) in [4.78, 5) is 0. The van der Waals surface area contributed by atoms with Crippen molar-refractivity contribution in [1.82, 2.24) is 0 Å². The Hall–Kier alpha value is -0.960. The molecule has 3 heteroatoms. The number of benzene rings is 1. The average molecular weight is 211 g/mol. The lowest BCUT2D eigenvalue weighted by Gasteiger charge is -2.16. The molecular weight excluding hydrogens is 196 g/mol. The number of alkyl halides is 2. The molecule has 1 aromatic carbocycles. The van der Waals surface area contributed by atoms with Crippen molar-refractivity contribution >= 4 is 0 Å². The van der Waals surface area contributed by atoms with Crippen molar-refractivity contribution in [3.05, 3.63) is 35.4 Å². The average Bonchev–Trinajstić information content (AvgIpc) is 2.97. The van der Waals surface area contributed by atoms with E-state index >= 15 is 0 Å². The topological polar surface area (TPSA) is 26.0 Å². The van der Waals surface area contributed by atoms with Crippen molar-refractivity contribution in [3.8, 4) is 0 Å². The Morgan fingerprint density at radius 1 is 1.40 bits per heavy atom. The van der Waals surface area contributed by atoms with Crippen LogP contribution in [0.2, 0.25) is 0 Å². The second-order valence-corrected chi connectivity index (χ2v) is 4.45. The summed E-state index contributed by atoms with van der Waals surface area (Å²) in [6, 6.07) is 6.66. The quantitative estimate of drug-likeness (QED) is 0.817. The highest BCUT2D eigenvalue weighted by Crippen LogP contribution is 2.47. The molecule has 0 bridgehead atoms. The van der Waals surface area contributed by atoms with Gasteiger partial charge in [0.1, 0.15) is 0 Å². The van der Waals surface area contributed by atoms with Gasteiger partial charge >= 0.3 is 0 Å². The van der Waals surface area contributed by atoms with Gasteiger partial charge in [-0.05, 0) is 24.5 Å². The number of hydrogen-bond acceptors (Lipinski definition) is 1. The first-order chi connectivity index (χ1) is 6.98. The van der Waals surface area contributed by atoms with Crippen molar-refractivity contribution in [2.45, 2.75) is 31.1 Å². The zero-order valence-electron chi connectivity index (χ0n) is 8.76. The van der Waals surface area contributed by atoms with E-state index in [1.165, 1.54) is 6.07 Å². The first kappa shape index (κ1) is 10.6. The maximum Gasteiger partial charge on any atom is 0.270 e. The van der Waals surface area contributed by atoms with Crippen molar-refractivity contribution < 1.29 is 8.78 Å². The summed E-state index contributed by atoms with van der Waals surface area (Å²) in [6.07, 6.45) is 2.03. The molecule has 1 aliphatic carbocycles. The van der Waals surface area contributed by atoms with Crippen LogP contribution in [0.4, 0.5) is 8.78 Å². The third-order valence-corrected chi connectivity index (χ3v) is 3.23. The summed E-state index contributed by atoms with van der Waals surface area (Å²) in [5, 5.41) is 0. The van der Waals surface area contributed by atoms with Crippen LogP contribution >= 0.6 is 0 Å². The Bertz CT molecular complexity index is 364. The zero-order valence-corrected chi connectivity index (χ0v) is 8.76. The lowest BCUT2D eigenvalue weighted by Crippen LogP contribution is -2.20. The van der Waals surface area contributed by atoms with Gasteiger partial charge in [-0.1, -0.05) is 18.2 Å². The van der Waals surface area contributed by atoms with E-state index in [0.29, 0.717) is 6.54 Å². The highest BCUT2D eigenvalue weighted by Gasteiger charge is 2.43. The molecule has 0 amide bonds. The summed E-state index contributed by atoms with van der Waals surface area (Å²) < 4.78 is 26.2. The van der Waals surface area contributed by atoms with E-state index in [2.05, 4.69) is 0 Å². The number of rotatable bonds is 3. The van der Waals surface area contributed by atoms with Crippen molar-refractivity contribution in [2.24, 2.45) is 5.73 Å². The molecule has 0 heterocycles. The monoisotopic (exact) mass is 211 g/mol. The Morgan fingerprint density at radius 2 is 2.07 bits per heavy atom. The van der Waals surface area contributed by atoms with Crippen molar-refractivity contribution in [2.75, 3.05) is 6.54 Å². The molecule has 15 heavy (non-hydrogen) atoms. The predicted octanol–water partition coefficient (Wildman–Crippen LogP) is 2.79. The number of nitrogens with two attached hydrogens (primary N) is 1. The highest BCUT2D eigenvalue weighted by molar-refractivity contribution is 5.36. The van der Waals surface area contributed by atoms with Gasteiger partial charge in [-0.3, -0.25) is 0 Å². The minimum atomic E-state index is -2.76. The van der Waals surface area contributed by atoms with E-state index in [-0.39, 0.29) is 11.0 Å². The van der Waals surface area contributed by atoms with Crippen LogP contribution in [0.25, 0.3) is 0 Å². The lowest BCUT2D eigenvalue weighted by atomic mass is 9.93. The molecule has 1 aromatic rings. The summed E-state index contributed by atoms with van der Waals surface area (Å²) in [6.45, 7) is 1.47. The Balaban J connectivity index is 2.35. The molecular formula is C12H15F2N. The number of halogens is 2. The fourth-order valence-electron chi connectivity index (χ4n) is 1.88. The molecule has 1 saturated carbocycles. The van der Waals surface area contributed by atoms with Crippen LogP contribution in [-0.2, 0) is 11.3 Å². The second kappa shape index (κ2) is 3.27. The molecule has 1 aliphatic rings. The van der Waals surface area contributed by atoms with Crippen LogP contribution in [0.3, 0.4) is 0 Å². The van der Waals surface area contributed by atoms with Gasteiger partial charge in [-0.15, -0.1) is 0 Å². The Labute approximate surface area is 88.3 Å². The molecule has 1 fully saturated rings. The summed E-state index contributed by atoms with van der Waals surface area (Å²) in [5.74, 6) is -2.76. The van der Waals surface area contributed by atoms with E-state index in [0.717, 1.165) is 25.3 Å². The molecule has 0 aliphatic heterocycles. The first-order valence-corrected chi connectivity index (χ1v) is 5.17. The Morgan fingerprint density at radius 3 is 2.53 bits per heavy atom. The molecule has 0 spiro atoms. The van der Waals surface area contributed by atoms with Crippen molar-refractivity contribution in [3.63, 3.8) is 0 Å². The fraction of sp³-hybridized carbons (Fsp3) is 0.500. The SMILES string of the molecule is CC(F)(F)c1cccc(C2(CN)CC2)c1. The van der Waals surface area contributed by atoms with Gasteiger partial charge in [0.25, 0.3) is 5.92 Å². The van der Waals surface area contributed by atoms with Crippen LogP contribution in [0.1, 0.15) is 30.9 Å². The van der Waals surface area contributed by atoms with Gasteiger partial charge in [-0.2, -0.15) is 0 Å². The smallest absolute Gasteiger partial charge is 0.270 e. The zero-order chi connectivity index (χ0) is 11.1. The maximum absolute atomic E-state index is 13.1. The molecule has 0 aromatic heterocycles. The van der Waals surface area contributed by atoms with E-state index in [9.17, 15) is 8.78 Å². The van der Waals surface area contributed by atoms with E-state index in [1.54, 1.807) is 12.1 Å². The van der Waals surface area contributed by atoms with Gasteiger partial charge in [-0.25, -0.2) is 8.78 Å². The molecule has 0 saturated heterocycles. The summed E-state index contributed by atoms with van der Waals surface area (Å²) in [5.41, 5.74) is 6.70. The highest BCUT2D eigenvalue weighted by atomic mass is 19.3. The summed E-state index contributed by atoms with van der Waals surface area (Å²) in [7, 11) is 0. The van der Waals surface area contributed by atoms with Crippen LogP contribution in [0.5, 0.6) is 0 Å². The minimum absolute atomic E-state index is 0.0126. The fourth-order valence-corrected chi connectivity index (χ4v) is 1.88. The molecule has 2 rings (SSSR count).